The Hall–Kier alpha value is -3.87. The largest absolute Gasteiger partial charge is 0.467 e. The molecule has 1 saturated heterocycles. The molecule has 1 heterocycles. The maximum absolute atomic E-state index is 13.1. The van der Waals surface area contributed by atoms with E-state index in [0.717, 1.165) is 16.7 Å². The minimum atomic E-state index is -1.08. The number of likely N-dealkylation sites (tertiary alicyclic amines) is 1. The summed E-state index contributed by atoms with van der Waals surface area (Å²) in [5.41, 5.74) is 1.91. The van der Waals surface area contributed by atoms with Gasteiger partial charge in [0, 0.05) is 19.3 Å². The first kappa shape index (κ1) is 24.3. The van der Waals surface area contributed by atoms with E-state index in [2.05, 4.69) is 6.08 Å². The lowest BCUT2D eigenvalue weighted by molar-refractivity contribution is -0.160. The number of rotatable bonds is 6. The van der Waals surface area contributed by atoms with E-state index >= 15 is 0 Å². The summed E-state index contributed by atoms with van der Waals surface area (Å²) in [5, 5.41) is 0. The van der Waals surface area contributed by atoms with Gasteiger partial charge in [-0.1, -0.05) is 78.9 Å². The molecule has 35 heavy (non-hydrogen) atoms. The lowest BCUT2D eigenvalue weighted by Crippen LogP contribution is -2.45. The van der Waals surface area contributed by atoms with Crippen molar-refractivity contribution in [3.8, 4) is 0 Å². The Bertz CT molecular complexity index is 1130. The average molecular weight is 476 g/mol. The minimum absolute atomic E-state index is 0.0312. The van der Waals surface area contributed by atoms with E-state index in [1.807, 2.05) is 72.8 Å². The standard InChI is InChI=1S/C28H29NO6/c1-20(30)35-28(24-15-13-23(14-16-24)22-11-7-4-8-12-22)17-25(26(31)33-2)29(19-28)27(32)34-18-21-9-5-3-6-10-21/h3-15,24-25H,16-19H2,1-2H3/t24?,25-,28-/m0/s1. The Balaban J connectivity index is 1.56. The summed E-state index contributed by atoms with van der Waals surface area (Å²) in [7, 11) is 1.27. The van der Waals surface area contributed by atoms with Gasteiger partial charge in [0.1, 0.15) is 18.2 Å². The molecular formula is C28H29NO6. The first-order chi connectivity index (χ1) is 16.9. The van der Waals surface area contributed by atoms with E-state index in [4.69, 9.17) is 14.2 Å². The summed E-state index contributed by atoms with van der Waals surface area (Å²) in [5.74, 6) is -1.27. The Labute approximate surface area is 205 Å². The van der Waals surface area contributed by atoms with Crippen molar-refractivity contribution in [1.82, 2.24) is 4.90 Å². The van der Waals surface area contributed by atoms with Gasteiger partial charge in [-0.05, 0) is 23.1 Å². The lowest BCUT2D eigenvalue weighted by atomic mass is 9.79. The van der Waals surface area contributed by atoms with E-state index in [0.29, 0.717) is 6.42 Å². The van der Waals surface area contributed by atoms with Crippen molar-refractivity contribution in [2.75, 3.05) is 13.7 Å². The molecule has 7 heteroatoms. The maximum atomic E-state index is 13.1. The number of carbonyl (C=O) groups is 3. The second kappa shape index (κ2) is 10.6. The average Bonchev–Trinajstić information content (AvgIpc) is 3.28. The number of nitrogens with zero attached hydrogens (tertiary/aromatic N) is 1. The first-order valence-electron chi connectivity index (χ1n) is 11.6. The van der Waals surface area contributed by atoms with Crippen molar-refractivity contribution < 1.29 is 28.6 Å². The van der Waals surface area contributed by atoms with Crippen LogP contribution in [0.2, 0.25) is 0 Å². The molecule has 7 nitrogen and oxygen atoms in total. The highest BCUT2D eigenvalue weighted by atomic mass is 16.6. The highest BCUT2D eigenvalue weighted by Crippen LogP contribution is 2.42. The van der Waals surface area contributed by atoms with Crippen LogP contribution in [0.3, 0.4) is 0 Å². The van der Waals surface area contributed by atoms with E-state index < -0.39 is 29.7 Å². The van der Waals surface area contributed by atoms with Crippen molar-refractivity contribution in [3.63, 3.8) is 0 Å². The van der Waals surface area contributed by atoms with Crippen LogP contribution in [0.1, 0.15) is 30.9 Å². The molecule has 2 aromatic carbocycles. The molecular weight excluding hydrogens is 446 g/mol. The molecule has 0 bridgehead atoms. The van der Waals surface area contributed by atoms with Crippen molar-refractivity contribution in [2.24, 2.45) is 5.92 Å². The summed E-state index contributed by atoms with van der Waals surface area (Å²) < 4.78 is 16.4. The zero-order valence-corrected chi connectivity index (χ0v) is 19.9. The number of amides is 1. The van der Waals surface area contributed by atoms with Crippen molar-refractivity contribution in [1.29, 1.82) is 0 Å². The third-order valence-electron chi connectivity index (χ3n) is 6.50. The number of carbonyl (C=O) groups excluding carboxylic acids is 3. The van der Waals surface area contributed by atoms with Crippen LogP contribution >= 0.6 is 0 Å². The number of methoxy groups -OCH3 is 1. The molecule has 3 atom stereocenters. The summed E-state index contributed by atoms with van der Waals surface area (Å²) in [6.45, 7) is 1.43. The monoisotopic (exact) mass is 475 g/mol. The predicted octanol–water partition coefficient (Wildman–Crippen LogP) is 4.53. The molecule has 0 radical (unpaired) electrons. The molecule has 0 saturated carbocycles. The van der Waals surface area contributed by atoms with Crippen molar-refractivity contribution in [2.45, 2.75) is 38.0 Å². The topological polar surface area (TPSA) is 82.1 Å². The van der Waals surface area contributed by atoms with Crippen LogP contribution in [-0.4, -0.2) is 48.2 Å². The molecule has 1 unspecified atom stereocenters. The van der Waals surface area contributed by atoms with Crippen LogP contribution < -0.4 is 0 Å². The first-order valence-corrected chi connectivity index (χ1v) is 11.6. The van der Waals surface area contributed by atoms with Crippen LogP contribution in [0.25, 0.3) is 5.57 Å². The Morgan fingerprint density at radius 1 is 1.03 bits per heavy atom. The fourth-order valence-corrected chi connectivity index (χ4v) is 4.80. The zero-order chi connectivity index (χ0) is 24.8. The van der Waals surface area contributed by atoms with Crippen LogP contribution in [0.15, 0.2) is 78.9 Å². The highest BCUT2D eigenvalue weighted by Gasteiger charge is 2.55. The van der Waals surface area contributed by atoms with Gasteiger partial charge in [0.25, 0.3) is 0 Å². The molecule has 4 rings (SSSR count). The fourth-order valence-electron chi connectivity index (χ4n) is 4.80. The van der Waals surface area contributed by atoms with Gasteiger partial charge in [0.15, 0.2) is 0 Å². The Kier molecular flexibility index (Phi) is 7.34. The number of hydrogen-bond acceptors (Lipinski definition) is 6. The molecule has 0 N–H and O–H groups in total. The van der Waals surface area contributed by atoms with Gasteiger partial charge < -0.3 is 14.2 Å². The molecule has 1 fully saturated rings. The summed E-state index contributed by atoms with van der Waals surface area (Å²) >= 11 is 0. The molecule has 2 aromatic rings. The normalized spacial score (nSPS) is 23.4. The van der Waals surface area contributed by atoms with Gasteiger partial charge in [0.05, 0.1) is 13.7 Å². The predicted molar refractivity (Wildman–Crippen MR) is 130 cm³/mol. The molecule has 0 spiro atoms. The van der Waals surface area contributed by atoms with Crippen LogP contribution in [0, 0.1) is 5.92 Å². The van der Waals surface area contributed by atoms with Gasteiger partial charge in [-0.25, -0.2) is 9.59 Å². The quantitative estimate of drug-likeness (QED) is 0.451. The Morgan fingerprint density at radius 2 is 1.71 bits per heavy atom. The smallest absolute Gasteiger partial charge is 0.410 e. The Morgan fingerprint density at radius 3 is 2.31 bits per heavy atom. The third kappa shape index (κ3) is 5.45. The highest BCUT2D eigenvalue weighted by molar-refractivity contribution is 5.83. The maximum Gasteiger partial charge on any atom is 0.410 e. The van der Waals surface area contributed by atoms with Crippen LogP contribution in [0.5, 0.6) is 0 Å². The lowest BCUT2D eigenvalue weighted by Gasteiger charge is -2.36. The van der Waals surface area contributed by atoms with Crippen molar-refractivity contribution >= 4 is 23.6 Å². The number of allylic oxidation sites excluding steroid dienone is 3. The van der Waals surface area contributed by atoms with Gasteiger partial charge in [0.2, 0.25) is 0 Å². The molecule has 0 aromatic heterocycles. The van der Waals surface area contributed by atoms with E-state index in [9.17, 15) is 14.4 Å². The zero-order valence-electron chi connectivity index (χ0n) is 19.9. The molecule has 1 aliphatic heterocycles. The number of ether oxygens (including phenoxy) is 3. The van der Waals surface area contributed by atoms with Gasteiger partial charge in [-0.15, -0.1) is 0 Å². The number of benzene rings is 2. The second-order valence-corrected chi connectivity index (χ2v) is 8.80. The fraction of sp³-hybridized carbons (Fsp3) is 0.321. The van der Waals surface area contributed by atoms with E-state index in [1.54, 1.807) is 0 Å². The van der Waals surface area contributed by atoms with Crippen LogP contribution in [0.4, 0.5) is 4.79 Å². The van der Waals surface area contributed by atoms with E-state index in [1.165, 1.54) is 18.9 Å². The summed E-state index contributed by atoms with van der Waals surface area (Å²) in [4.78, 5) is 39.2. The third-order valence-corrected chi connectivity index (χ3v) is 6.50. The van der Waals surface area contributed by atoms with E-state index in [-0.39, 0.29) is 25.5 Å². The van der Waals surface area contributed by atoms with Gasteiger partial charge >= 0.3 is 18.0 Å². The van der Waals surface area contributed by atoms with Crippen molar-refractivity contribution in [3.05, 3.63) is 90.0 Å². The number of hydrogen-bond donors (Lipinski definition) is 0. The number of esters is 2. The molecule has 182 valence electrons. The molecule has 2 aliphatic rings. The summed E-state index contributed by atoms with van der Waals surface area (Å²) in [6.07, 6.45) is 6.15. The summed E-state index contributed by atoms with van der Waals surface area (Å²) in [6, 6.07) is 18.4. The SMILES string of the molecule is COC(=O)[C@@H]1C[C@@](OC(C)=O)(C2C=CC(c3ccccc3)=CC2)CN1C(=O)OCc1ccccc1. The minimum Gasteiger partial charge on any atom is -0.467 e. The van der Waals surface area contributed by atoms with Gasteiger partial charge in [-0.2, -0.15) is 0 Å². The molecule has 1 amide bonds. The molecule has 1 aliphatic carbocycles. The van der Waals surface area contributed by atoms with Gasteiger partial charge in [-0.3, -0.25) is 9.69 Å². The second-order valence-electron chi connectivity index (χ2n) is 8.80. The van der Waals surface area contributed by atoms with Crippen LogP contribution in [-0.2, 0) is 30.4 Å².